The van der Waals surface area contributed by atoms with E-state index >= 15 is 0 Å². The van der Waals surface area contributed by atoms with Crippen molar-refractivity contribution in [3.8, 4) is 17.0 Å². The van der Waals surface area contributed by atoms with Crippen molar-refractivity contribution < 1.29 is 4.74 Å². The van der Waals surface area contributed by atoms with E-state index in [9.17, 15) is 4.79 Å². The average Bonchev–Trinajstić information content (AvgIpc) is 3.20. The number of nitrogens with zero attached hydrogens (tertiary/aromatic N) is 5. The van der Waals surface area contributed by atoms with Crippen LogP contribution in [0.2, 0.25) is 0 Å². The summed E-state index contributed by atoms with van der Waals surface area (Å²) in [6, 6.07) is 5.50. The second-order valence-corrected chi connectivity index (χ2v) is 6.83. The lowest BCUT2D eigenvalue weighted by molar-refractivity contribution is 0.216. The molecule has 8 heteroatoms. The van der Waals surface area contributed by atoms with Crippen LogP contribution in [0.4, 0.5) is 5.69 Å². The number of hydrogen-bond acceptors (Lipinski definition) is 6. The first-order chi connectivity index (χ1) is 13.0. The van der Waals surface area contributed by atoms with Crippen LogP contribution in [0.3, 0.4) is 0 Å². The number of rotatable bonds is 4. The maximum absolute atomic E-state index is 11.5. The molecule has 1 aliphatic heterocycles. The number of nitrogens with one attached hydrogen (secondary N) is 1. The van der Waals surface area contributed by atoms with E-state index in [1.54, 1.807) is 18.5 Å². The lowest BCUT2D eigenvalue weighted by Gasteiger charge is -2.18. The van der Waals surface area contributed by atoms with Gasteiger partial charge in [0, 0.05) is 49.6 Å². The SMILES string of the molecule is Cc1nn(C)c(C)c1-c1ccnc(O[C@@H]2CCN(c3cn[nH]c(=O)c3)C2)c1. The van der Waals surface area contributed by atoms with Gasteiger partial charge >= 0.3 is 0 Å². The number of ether oxygens (including phenoxy) is 1. The molecule has 1 saturated heterocycles. The van der Waals surface area contributed by atoms with Crippen LogP contribution in [-0.4, -0.2) is 44.2 Å². The van der Waals surface area contributed by atoms with E-state index in [4.69, 9.17) is 4.74 Å². The molecule has 1 aliphatic rings. The van der Waals surface area contributed by atoms with Crippen LogP contribution >= 0.6 is 0 Å². The molecule has 1 fully saturated rings. The molecule has 3 aromatic heterocycles. The molecule has 1 N–H and O–H groups in total. The van der Waals surface area contributed by atoms with Gasteiger partial charge in [-0.25, -0.2) is 10.1 Å². The Morgan fingerprint density at radius 3 is 2.89 bits per heavy atom. The van der Waals surface area contributed by atoms with Crippen LogP contribution in [-0.2, 0) is 7.05 Å². The fourth-order valence-electron chi connectivity index (χ4n) is 3.59. The molecule has 4 rings (SSSR count). The summed E-state index contributed by atoms with van der Waals surface area (Å²) in [6.45, 7) is 5.58. The zero-order valence-electron chi connectivity index (χ0n) is 15.6. The molecule has 0 saturated carbocycles. The molecule has 140 valence electrons. The van der Waals surface area contributed by atoms with Gasteiger partial charge in [-0.2, -0.15) is 10.2 Å². The van der Waals surface area contributed by atoms with E-state index in [0.717, 1.165) is 41.2 Å². The zero-order chi connectivity index (χ0) is 19.0. The maximum Gasteiger partial charge on any atom is 0.266 e. The lowest BCUT2D eigenvalue weighted by atomic mass is 10.1. The Labute approximate surface area is 156 Å². The van der Waals surface area contributed by atoms with Crippen LogP contribution in [0.15, 0.2) is 35.4 Å². The lowest BCUT2D eigenvalue weighted by Crippen LogP contribution is -2.26. The van der Waals surface area contributed by atoms with Crippen LogP contribution in [0.5, 0.6) is 5.88 Å². The highest BCUT2D eigenvalue weighted by atomic mass is 16.5. The quantitative estimate of drug-likeness (QED) is 0.758. The van der Waals surface area contributed by atoms with Crippen molar-refractivity contribution >= 4 is 5.69 Å². The highest BCUT2D eigenvalue weighted by Gasteiger charge is 2.25. The van der Waals surface area contributed by atoms with E-state index in [-0.39, 0.29) is 11.7 Å². The number of H-pyrrole nitrogens is 1. The summed E-state index contributed by atoms with van der Waals surface area (Å²) in [4.78, 5) is 17.9. The molecule has 0 spiro atoms. The van der Waals surface area contributed by atoms with Gasteiger partial charge < -0.3 is 9.64 Å². The minimum Gasteiger partial charge on any atom is -0.472 e. The monoisotopic (exact) mass is 366 g/mol. The van der Waals surface area contributed by atoms with Gasteiger partial charge in [-0.3, -0.25) is 9.48 Å². The maximum atomic E-state index is 11.5. The van der Waals surface area contributed by atoms with Crippen molar-refractivity contribution in [2.24, 2.45) is 7.05 Å². The fourth-order valence-corrected chi connectivity index (χ4v) is 3.59. The Kier molecular flexibility index (Phi) is 4.39. The third kappa shape index (κ3) is 3.42. The standard InChI is InChI=1S/C19H22N6O2/c1-12-19(13(2)24(3)23-12)14-4-6-20-18(8-14)27-16-5-7-25(11-16)15-9-17(26)22-21-10-15/h4,6,8-10,16H,5,7,11H2,1-3H3,(H,22,26)/t16-/m1/s1. The summed E-state index contributed by atoms with van der Waals surface area (Å²) in [7, 11) is 1.95. The zero-order valence-corrected chi connectivity index (χ0v) is 15.6. The molecule has 8 nitrogen and oxygen atoms in total. The summed E-state index contributed by atoms with van der Waals surface area (Å²) in [5, 5.41) is 10.7. The van der Waals surface area contributed by atoms with Crippen LogP contribution in [0.1, 0.15) is 17.8 Å². The van der Waals surface area contributed by atoms with Gasteiger partial charge in [0.1, 0.15) is 6.10 Å². The van der Waals surface area contributed by atoms with Gasteiger partial charge in [0.25, 0.3) is 5.56 Å². The van der Waals surface area contributed by atoms with E-state index in [2.05, 4.69) is 32.1 Å². The predicted octanol–water partition coefficient (Wildman–Crippen LogP) is 1.84. The Hall–Kier alpha value is -3.16. The molecule has 1 atom stereocenters. The van der Waals surface area contributed by atoms with E-state index in [0.29, 0.717) is 12.4 Å². The van der Waals surface area contributed by atoms with E-state index in [1.807, 2.05) is 30.8 Å². The first-order valence-corrected chi connectivity index (χ1v) is 8.94. The number of anilines is 1. The predicted molar refractivity (Wildman–Crippen MR) is 102 cm³/mol. The smallest absolute Gasteiger partial charge is 0.266 e. The van der Waals surface area contributed by atoms with Crippen molar-refractivity contribution in [3.63, 3.8) is 0 Å². The number of hydrogen-bond donors (Lipinski definition) is 1. The Morgan fingerprint density at radius 1 is 1.30 bits per heavy atom. The largest absolute Gasteiger partial charge is 0.472 e. The fraction of sp³-hybridized carbons (Fsp3) is 0.368. The van der Waals surface area contributed by atoms with Crippen molar-refractivity contribution in [2.75, 3.05) is 18.0 Å². The summed E-state index contributed by atoms with van der Waals surface area (Å²) >= 11 is 0. The van der Waals surface area contributed by atoms with Crippen molar-refractivity contribution in [2.45, 2.75) is 26.4 Å². The van der Waals surface area contributed by atoms with Crippen LogP contribution in [0, 0.1) is 13.8 Å². The van der Waals surface area contributed by atoms with Gasteiger partial charge in [0.15, 0.2) is 0 Å². The van der Waals surface area contributed by atoms with E-state index < -0.39 is 0 Å². The normalized spacial score (nSPS) is 16.7. The van der Waals surface area contributed by atoms with Crippen molar-refractivity contribution in [3.05, 3.63) is 52.3 Å². The Balaban J connectivity index is 1.50. The molecular formula is C19H22N6O2. The van der Waals surface area contributed by atoms with Crippen LogP contribution < -0.4 is 15.2 Å². The van der Waals surface area contributed by atoms with Crippen LogP contribution in [0.25, 0.3) is 11.1 Å². The molecular weight excluding hydrogens is 344 g/mol. The average molecular weight is 366 g/mol. The molecule has 0 aliphatic carbocycles. The third-order valence-electron chi connectivity index (χ3n) is 4.98. The van der Waals surface area contributed by atoms with Gasteiger partial charge in [-0.1, -0.05) is 0 Å². The summed E-state index contributed by atoms with van der Waals surface area (Å²) in [5.74, 6) is 0.603. The highest BCUT2D eigenvalue weighted by Crippen LogP contribution is 2.29. The molecule has 3 aromatic rings. The summed E-state index contributed by atoms with van der Waals surface area (Å²) in [6.07, 6.45) is 4.31. The first kappa shape index (κ1) is 17.3. The molecule has 27 heavy (non-hydrogen) atoms. The third-order valence-corrected chi connectivity index (χ3v) is 4.98. The molecule has 4 heterocycles. The highest BCUT2D eigenvalue weighted by molar-refractivity contribution is 5.69. The minimum atomic E-state index is -0.201. The molecule has 0 radical (unpaired) electrons. The number of aromatic nitrogens is 5. The van der Waals surface area contributed by atoms with Gasteiger partial charge in [0.2, 0.25) is 5.88 Å². The van der Waals surface area contributed by atoms with Gasteiger partial charge in [-0.05, 0) is 25.5 Å². The van der Waals surface area contributed by atoms with Crippen molar-refractivity contribution in [1.29, 1.82) is 0 Å². The Bertz CT molecular complexity index is 1030. The Morgan fingerprint density at radius 2 is 2.15 bits per heavy atom. The molecule has 0 bridgehead atoms. The minimum absolute atomic E-state index is 0.0168. The number of aromatic amines is 1. The molecule has 0 unspecified atom stereocenters. The summed E-state index contributed by atoms with van der Waals surface area (Å²) < 4.78 is 8.00. The number of aryl methyl sites for hydroxylation is 2. The molecule has 0 amide bonds. The van der Waals surface area contributed by atoms with Crippen molar-refractivity contribution in [1.82, 2.24) is 25.0 Å². The van der Waals surface area contributed by atoms with Gasteiger partial charge in [-0.15, -0.1) is 0 Å². The topological polar surface area (TPSA) is 88.9 Å². The first-order valence-electron chi connectivity index (χ1n) is 8.94. The van der Waals surface area contributed by atoms with Gasteiger partial charge in [0.05, 0.1) is 24.1 Å². The number of pyridine rings is 1. The summed E-state index contributed by atoms with van der Waals surface area (Å²) in [5.41, 5.74) is 4.88. The molecule has 0 aromatic carbocycles. The second-order valence-electron chi connectivity index (χ2n) is 6.83. The van der Waals surface area contributed by atoms with E-state index in [1.165, 1.54) is 0 Å². The second kappa shape index (κ2) is 6.86.